The third-order valence-electron chi connectivity index (χ3n) is 11.5. The largest absolute Gasteiger partial charge is 0.498 e. The number of benzene rings is 6. The second-order valence-corrected chi connectivity index (χ2v) is 17.1. The molecule has 0 aliphatic heterocycles. The van der Waals surface area contributed by atoms with Crippen molar-refractivity contribution in [3.8, 4) is 44.8 Å². The molecule has 4 aromatic heterocycles. The Labute approximate surface area is 372 Å². The predicted molar refractivity (Wildman–Crippen MR) is 250 cm³/mol. The second-order valence-electron chi connectivity index (χ2n) is 17.1. The first-order chi connectivity index (χ1) is 28.9. The van der Waals surface area contributed by atoms with E-state index >= 15 is 0 Å². The van der Waals surface area contributed by atoms with E-state index in [0.717, 1.165) is 72.2 Å². The molecular formula is C56H47IrN3O-2. The smallest absolute Gasteiger partial charge is 0.147 e. The number of aromatic nitrogens is 3. The fourth-order valence-corrected chi connectivity index (χ4v) is 7.95. The van der Waals surface area contributed by atoms with E-state index in [1.165, 1.54) is 49.7 Å². The average Bonchev–Trinajstić information content (AvgIpc) is 3.64. The van der Waals surface area contributed by atoms with Crippen molar-refractivity contribution in [1.82, 2.24) is 15.0 Å². The van der Waals surface area contributed by atoms with Crippen LogP contribution in [0.2, 0.25) is 0 Å². The maximum Gasteiger partial charge on any atom is 0.147 e. The van der Waals surface area contributed by atoms with Gasteiger partial charge in [0.2, 0.25) is 0 Å². The Morgan fingerprint density at radius 3 is 1.98 bits per heavy atom. The molecule has 1 radical (unpaired) electrons. The van der Waals surface area contributed by atoms with Gasteiger partial charge < -0.3 is 14.4 Å². The Bertz CT molecular complexity index is 3170. The molecule has 10 aromatic rings. The molecule has 0 aliphatic rings. The molecule has 0 aliphatic carbocycles. The van der Waals surface area contributed by atoms with Crippen molar-refractivity contribution < 1.29 is 24.5 Å². The summed E-state index contributed by atoms with van der Waals surface area (Å²) < 4.78 is 6.60. The van der Waals surface area contributed by atoms with Gasteiger partial charge in [-0.25, -0.2) is 4.98 Å². The van der Waals surface area contributed by atoms with Gasteiger partial charge in [0.1, 0.15) is 11.1 Å². The molecular weight excluding hydrogens is 923 g/mol. The van der Waals surface area contributed by atoms with Crippen LogP contribution < -0.4 is 0 Å². The first-order valence-electron chi connectivity index (χ1n) is 20.6. The number of fused-ring (bicyclic) bond motifs is 6. The van der Waals surface area contributed by atoms with Crippen LogP contribution >= 0.6 is 0 Å². The van der Waals surface area contributed by atoms with Gasteiger partial charge in [0, 0.05) is 49.0 Å². The minimum absolute atomic E-state index is 0. The number of pyridine rings is 3. The van der Waals surface area contributed by atoms with Gasteiger partial charge in [-0.2, -0.15) is 0 Å². The summed E-state index contributed by atoms with van der Waals surface area (Å²) >= 11 is 0. The minimum atomic E-state index is 0. The number of hydrogen-bond donors (Lipinski definition) is 0. The molecule has 0 amide bonds. The van der Waals surface area contributed by atoms with E-state index in [0.29, 0.717) is 0 Å². The molecule has 0 N–H and O–H groups in total. The number of hydrogen-bond acceptors (Lipinski definition) is 4. The number of furan rings is 1. The second kappa shape index (κ2) is 16.7. The monoisotopic (exact) mass is 970 g/mol. The van der Waals surface area contributed by atoms with Gasteiger partial charge in [0.05, 0.1) is 5.58 Å². The van der Waals surface area contributed by atoms with E-state index in [1.807, 2.05) is 56.6 Å². The van der Waals surface area contributed by atoms with E-state index in [-0.39, 0.29) is 25.5 Å². The Hall–Kier alpha value is -6.26. The van der Waals surface area contributed by atoms with Gasteiger partial charge in [0.25, 0.3) is 0 Å². The summed E-state index contributed by atoms with van der Waals surface area (Å²) in [6, 6.07) is 51.8. The molecule has 4 nitrogen and oxygen atoms in total. The van der Waals surface area contributed by atoms with E-state index in [1.54, 1.807) is 0 Å². The zero-order valence-electron chi connectivity index (χ0n) is 35.9. The molecule has 0 atom stereocenters. The zero-order valence-corrected chi connectivity index (χ0v) is 38.3. The normalized spacial score (nSPS) is 11.5. The molecule has 0 saturated carbocycles. The van der Waals surface area contributed by atoms with Gasteiger partial charge in [0.15, 0.2) is 0 Å². The Morgan fingerprint density at radius 1 is 0.541 bits per heavy atom. The quantitative estimate of drug-likeness (QED) is 0.165. The van der Waals surface area contributed by atoms with Gasteiger partial charge >= 0.3 is 0 Å². The van der Waals surface area contributed by atoms with Crippen LogP contribution in [-0.4, -0.2) is 15.0 Å². The third kappa shape index (κ3) is 8.29. The molecule has 0 fully saturated rings. The molecule has 10 rings (SSSR count). The predicted octanol–water partition coefficient (Wildman–Crippen LogP) is 14.9. The summed E-state index contributed by atoms with van der Waals surface area (Å²) in [6.07, 6.45) is 3.84. The van der Waals surface area contributed by atoms with Gasteiger partial charge in [-0.05, 0) is 118 Å². The SMILES string of the molecule is Cc1c[c-]c(-c2ccc(C)cn2)cc1.Cc1ccc2ccc3c4cc[c-]c(-c5cc(-c6cc7ccc(-c8ccc(C(C)(C)C)cc8)cc7cc6C)c(C)cn5)c4oc3c2n1.[Ir]. The Kier molecular flexibility index (Phi) is 11.3. The fourth-order valence-electron chi connectivity index (χ4n) is 7.95. The molecule has 0 unspecified atom stereocenters. The molecule has 0 saturated heterocycles. The first-order valence-corrected chi connectivity index (χ1v) is 20.6. The molecule has 0 spiro atoms. The summed E-state index contributed by atoms with van der Waals surface area (Å²) in [7, 11) is 0. The van der Waals surface area contributed by atoms with Crippen LogP contribution in [0.4, 0.5) is 0 Å². The van der Waals surface area contributed by atoms with Crippen LogP contribution in [0.3, 0.4) is 0 Å². The summed E-state index contributed by atoms with van der Waals surface area (Å²) in [5, 5.41) is 5.62. The summed E-state index contributed by atoms with van der Waals surface area (Å²) in [4.78, 5) is 14.0. The van der Waals surface area contributed by atoms with Crippen molar-refractivity contribution in [1.29, 1.82) is 0 Å². The summed E-state index contributed by atoms with van der Waals surface area (Å²) in [6.45, 7) is 17.2. The van der Waals surface area contributed by atoms with E-state index in [4.69, 9.17) is 14.4 Å². The summed E-state index contributed by atoms with van der Waals surface area (Å²) in [5.41, 5.74) is 18.3. The van der Waals surface area contributed by atoms with Crippen LogP contribution in [0.15, 0.2) is 144 Å². The van der Waals surface area contributed by atoms with Crippen molar-refractivity contribution in [2.45, 2.75) is 60.8 Å². The van der Waals surface area contributed by atoms with Crippen molar-refractivity contribution >= 4 is 43.6 Å². The standard InChI is InChI=1S/C43H35N2O.C13H12N.Ir/c1-25-20-32-21-30(28-14-17-33(18-15-28)43(4,5)6)12-13-31(32)22-37(25)38-23-39(44-24-26(38)2)36-9-7-8-34-35-19-16-29-11-10-27(3)45-40(29)42(35)46-41(34)36;1-10-3-6-12(7-4-10)13-8-5-11(2)9-14-13;/h7-8,10-24H,1-6H3;3-6,8-9H,1-2H3;/q2*-1;. The number of aryl methyl sites for hydroxylation is 5. The van der Waals surface area contributed by atoms with E-state index in [9.17, 15) is 0 Å². The van der Waals surface area contributed by atoms with Crippen molar-refractivity contribution in [3.63, 3.8) is 0 Å². The Morgan fingerprint density at radius 2 is 1.25 bits per heavy atom. The van der Waals surface area contributed by atoms with Crippen molar-refractivity contribution in [2.24, 2.45) is 0 Å². The first kappa shape index (κ1) is 41.5. The van der Waals surface area contributed by atoms with Crippen LogP contribution in [0.5, 0.6) is 0 Å². The van der Waals surface area contributed by atoms with Crippen LogP contribution in [0.1, 0.15) is 54.3 Å². The van der Waals surface area contributed by atoms with Crippen LogP contribution in [0.25, 0.3) is 88.4 Å². The zero-order chi connectivity index (χ0) is 41.7. The van der Waals surface area contributed by atoms with Gasteiger partial charge in [-0.15, -0.1) is 53.6 Å². The number of rotatable bonds is 4. The number of nitrogens with zero attached hydrogens (tertiary/aromatic N) is 3. The minimum Gasteiger partial charge on any atom is -0.498 e. The maximum atomic E-state index is 6.60. The Balaban J connectivity index is 0.000000291. The molecule has 303 valence electrons. The third-order valence-corrected chi connectivity index (χ3v) is 11.5. The van der Waals surface area contributed by atoms with Crippen LogP contribution in [0, 0.1) is 46.8 Å². The molecule has 6 aromatic carbocycles. The van der Waals surface area contributed by atoms with Crippen LogP contribution in [-0.2, 0) is 25.5 Å². The fraction of sp³-hybridized carbons (Fsp3) is 0.161. The van der Waals surface area contributed by atoms with Crippen molar-refractivity contribution in [3.05, 3.63) is 185 Å². The van der Waals surface area contributed by atoms with Gasteiger partial charge in [-0.1, -0.05) is 118 Å². The summed E-state index contributed by atoms with van der Waals surface area (Å²) in [5.74, 6) is 0. The molecule has 61 heavy (non-hydrogen) atoms. The van der Waals surface area contributed by atoms with Gasteiger partial charge in [-0.3, -0.25) is 0 Å². The molecule has 5 heteroatoms. The van der Waals surface area contributed by atoms with Crippen molar-refractivity contribution in [2.75, 3.05) is 0 Å². The molecule has 0 bridgehead atoms. The van der Waals surface area contributed by atoms with E-state index in [2.05, 4.69) is 156 Å². The van der Waals surface area contributed by atoms with E-state index < -0.39 is 0 Å². The topological polar surface area (TPSA) is 51.8 Å². The maximum absolute atomic E-state index is 6.60. The average molecular weight is 970 g/mol. The molecule has 4 heterocycles.